The quantitative estimate of drug-likeness (QED) is 0.745. The summed E-state index contributed by atoms with van der Waals surface area (Å²) >= 11 is 8.09. The largest absolute Gasteiger partial charge is 0.246 e. The highest BCUT2D eigenvalue weighted by molar-refractivity contribution is 7.11. The number of fused-ring (bicyclic) bond motifs is 1. The molecule has 0 N–H and O–H groups in total. The van der Waals surface area contributed by atoms with Crippen LogP contribution in [0, 0.1) is 31.1 Å². The molecule has 2 aliphatic rings. The number of thiazole rings is 1. The molecule has 1 aromatic heterocycles. The number of aromatic nitrogens is 1. The number of halogens is 1. The maximum Gasteiger partial charge on any atom is 0.0936 e. The van der Waals surface area contributed by atoms with Gasteiger partial charge < -0.3 is 0 Å². The van der Waals surface area contributed by atoms with Crippen molar-refractivity contribution >= 4 is 22.9 Å². The molecule has 16 heavy (non-hydrogen) atoms. The maximum absolute atomic E-state index is 6.22. The molecule has 0 aromatic carbocycles. The number of hydrogen-bond acceptors (Lipinski definition) is 2. The molecule has 2 aliphatic carbocycles. The second-order valence-electron chi connectivity index (χ2n) is 5.72. The summed E-state index contributed by atoms with van der Waals surface area (Å²) in [6.07, 6.45) is 5.27. The van der Waals surface area contributed by atoms with Gasteiger partial charge in [0, 0.05) is 17.2 Å². The Labute approximate surface area is 106 Å². The van der Waals surface area contributed by atoms with E-state index in [9.17, 15) is 0 Å². The SMILES string of the molecule is Cc1nc(CC2(CCl)CC3CC3C2)sc1C. The van der Waals surface area contributed by atoms with Gasteiger partial charge in [0.2, 0.25) is 0 Å². The predicted octanol–water partition coefficient (Wildman–Crippen LogP) is 3.96. The van der Waals surface area contributed by atoms with Crippen LogP contribution in [0.1, 0.15) is 34.8 Å². The van der Waals surface area contributed by atoms with Gasteiger partial charge in [0.05, 0.1) is 10.7 Å². The van der Waals surface area contributed by atoms with Crippen LogP contribution in [0.2, 0.25) is 0 Å². The van der Waals surface area contributed by atoms with Crippen molar-refractivity contribution in [2.24, 2.45) is 17.3 Å². The molecule has 88 valence electrons. The molecular weight excluding hydrogens is 238 g/mol. The van der Waals surface area contributed by atoms with Crippen LogP contribution in [0.3, 0.4) is 0 Å². The van der Waals surface area contributed by atoms with Gasteiger partial charge in [-0.2, -0.15) is 0 Å². The van der Waals surface area contributed by atoms with Gasteiger partial charge in [-0.3, -0.25) is 0 Å². The Morgan fingerprint density at radius 2 is 2.06 bits per heavy atom. The Balaban J connectivity index is 1.77. The summed E-state index contributed by atoms with van der Waals surface area (Å²) in [5.74, 6) is 2.82. The van der Waals surface area contributed by atoms with Crippen LogP contribution in [0.25, 0.3) is 0 Å². The summed E-state index contributed by atoms with van der Waals surface area (Å²) in [6.45, 7) is 4.27. The highest BCUT2D eigenvalue weighted by Gasteiger charge is 2.53. The van der Waals surface area contributed by atoms with Crippen molar-refractivity contribution in [3.63, 3.8) is 0 Å². The van der Waals surface area contributed by atoms with Gasteiger partial charge in [0.1, 0.15) is 0 Å². The van der Waals surface area contributed by atoms with E-state index in [1.807, 2.05) is 11.3 Å². The Morgan fingerprint density at radius 1 is 1.38 bits per heavy atom. The van der Waals surface area contributed by atoms with E-state index in [1.165, 1.54) is 34.8 Å². The molecule has 3 heteroatoms. The van der Waals surface area contributed by atoms with E-state index in [4.69, 9.17) is 11.6 Å². The zero-order valence-corrected chi connectivity index (χ0v) is 11.5. The molecule has 0 aliphatic heterocycles. The summed E-state index contributed by atoms with van der Waals surface area (Å²) < 4.78 is 0. The van der Waals surface area contributed by atoms with E-state index < -0.39 is 0 Å². The molecule has 0 amide bonds. The molecule has 0 spiro atoms. The average Bonchev–Trinajstić information content (AvgIpc) is 2.73. The Bertz CT molecular complexity index is 383. The number of alkyl halides is 1. The van der Waals surface area contributed by atoms with E-state index in [2.05, 4.69) is 18.8 Å². The van der Waals surface area contributed by atoms with Gasteiger partial charge in [-0.05, 0) is 50.4 Å². The second-order valence-corrected chi connectivity index (χ2v) is 7.28. The molecule has 0 radical (unpaired) electrons. The molecular formula is C13H18ClNS. The van der Waals surface area contributed by atoms with Crippen LogP contribution in [-0.2, 0) is 6.42 Å². The van der Waals surface area contributed by atoms with Gasteiger partial charge in [-0.15, -0.1) is 22.9 Å². The van der Waals surface area contributed by atoms with Crippen LogP contribution in [0.15, 0.2) is 0 Å². The summed E-state index contributed by atoms with van der Waals surface area (Å²) in [7, 11) is 0. The number of nitrogens with zero attached hydrogens (tertiary/aromatic N) is 1. The van der Waals surface area contributed by atoms with E-state index in [-0.39, 0.29) is 0 Å². The molecule has 0 saturated heterocycles. The second kappa shape index (κ2) is 3.71. The van der Waals surface area contributed by atoms with Crippen molar-refractivity contribution in [2.45, 2.75) is 39.5 Å². The van der Waals surface area contributed by atoms with E-state index in [0.29, 0.717) is 5.41 Å². The Kier molecular flexibility index (Phi) is 2.56. The van der Waals surface area contributed by atoms with E-state index in [0.717, 1.165) is 24.1 Å². The van der Waals surface area contributed by atoms with Crippen LogP contribution < -0.4 is 0 Å². The van der Waals surface area contributed by atoms with E-state index in [1.54, 1.807) is 0 Å². The number of aryl methyl sites for hydroxylation is 2. The predicted molar refractivity (Wildman–Crippen MR) is 69.3 cm³/mol. The molecule has 2 atom stereocenters. The highest BCUT2D eigenvalue weighted by Crippen LogP contribution is 2.61. The number of rotatable bonds is 3. The smallest absolute Gasteiger partial charge is 0.0936 e. The lowest BCUT2D eigenvalue weighted by atomic mass is 9.82. The number of hydrogen-bond donors (Lipinski definition) is 0. The third-order valence-corrected chi connectivity index (χ3v) is 5.98. The molecule has 2 unspecified atom stereocenters. The van der Waals surface area contributed by atoms with Gasteiger partial charge in [0.15, 0.2) is 0 Å². The fraction of sp³-hybridized carbons (Fsp3) is 0.769. The fourth-order valence-electron chi connectivity index (χ4n) is 3.24. The highest BCUT2D eigenvalue weighted by atomic mass is 35.5. The lowest BCUT2D eigenvalue weighted by Gasteiger charge is -2.27. The molecule has 2 saturated carbocycles. The molecule has 0 bridgehead atoms. The first-order valence-electron chi connectivity index (χ1n) is 6.11. The molecule has 1 heterocycles. The normalized spacial score (nSPS) is 36.4. The standard InChI is InChI=1S/C13H18ClNS/c1-8-9(2)16-12(15-8)6-13(7-14)4-10-3-11(10)5-13/h10-11H,3-7H2,1-2H3. The molecule has 3 rings (SSSR count). The zero-order valence-electron chi connectivity index (χ0n) is 9.92. The lowest BCUT2D eigenvalue weighted by molar-refractivity contribution is 0.302. The van der Waals surface area contributed by atoms with Crippen LogP contribution in [0.4, 0.5) is 0 Å². The first-order chi connectivity index (χ1) is 7.62. The Morgan fingerprint density at radius 3 is 2.56 bits per heavy atom. The first kappa shape index (κ1) is 11.0. The third-order valence-electron chi connectivity index (χ3n) is 4.34. The minimum Gasteiger partial charge on any atom is -0.246 e. The van der Waals surface area contributed by atoms with Crippen molar-refractivity contribution in [1.82, 2.24) is 4.98 Å². The summed E-state index contributed by atoms with van der Waals surface area (Å²) in [5, 5.41) is 1.30. The lowest BCUT2D eigenvalue weighted by Crippen LogP contribution is -2.23. The minimum atomic E-state index is 0.381. The van der Waals surface area contributed by atoms with Crippen molar-refractivity contribution in [3.05, 3.63) is 15.6 Å². The van der Waals surface area contributed by atoms with Gasteiger partial charge in [0.25, 0.3) is 0 Å². The van der Waals surface area contributed by atoms with Gasteiger partial charge in [-0.1, -0.05) is 0 Å². The minimum absolute atomic E-state index is 0.381. The third kappa shape index (κ3) is 1.80. The topological polar surface area (TPSA) is 12.9 Å². The monoisotopic (exact) mass is 255 g/mol. The van der Waals surface area contributed by atoms with Crippen molar-refractivity contribution in [2.75, 3.05) is 5.88 Å². The van der Waals surface area contributed by atoms with Crippen molar-refractivity contribution in [3.8, 4) is 0 Å². The van der Waals surface area contributed by atoms with Crippen LogP contribution in [0.5, 0.6) is 0 Å². The van der Waals surface area contributed by atoms with Crippen LogP contribution in [-0.4, -0.2) is 10.9 Å². The maximum atomic E-state index is 6.22. The molecule has 2 fully saturated rings. The molecule has 1 nitrogen and oxygen atoms in total. The summed E-state index contributed by atoms with van der Waals surface area (Å²) in [6, 6.07) is 0. The van der Waals surface area contributed by atoms with Crippen molar-refractivity contribution < 1.29 is 0 Å². The van der Waals surface area contributed by atoms with E-state index >= 15 is 0 Å². The average molecular weight is 256 g/mol. The zero-order chi connectivity index (χ0) is 11.3. The van der Waals surface area contributed by atoms with Gasteiger partial charge in [-0.25, -0.2) is 4.98 Å². The fourth-order valence-corrected chi connectivity index (χ4v) is 4.66. The Hall–Kier alpha value is -0.0800. The first-order valence-corrected chi connectivity index (χ1v) is 7.46. The van der Waals surface area contributed by atoms with Crippen molar-refractivity contribution in [1.29, 1.82) is 0 Å². The van der Waals surface area contributed by atoms with Crippen LogP contribution >= 0.6 is 22.9 Å². The molecule has 1 aromatic rings. The summed E-state index contributed by atoms with van der Waals surface area (Å²) in [4.78, 5) is 6.03. The van der Waals surface area contributed by atoms with Gasteiger partial charge >= 0.3 is 0 Å². The summed E-state index contributed by atoms with van der Waals surface area (Å²) in [5.41, 5.74) is 1.58.